The average molecular weight is 224 g/mol. The Kier molecular flexibility index (Phi) is 3.91. The minimum Gasteiger partial charge on any atom is -0.337 e. The molecule has 1 aliphatic carbocycles. The first-order chi connectivity index (χ1) is 7.83. The maximum Gasteiger partial charge on any atom is 0.225 e. The van der Waals surface area contributed by atoms with Gasteiger partial charge in [-0.15, -0.1) is 0 Å². The van der Waals surface area contributed by atoms with Gasteiger partial charge in [-0.05, 0) is 25.7 Å². The zero-order valence-electron chi connectivity index (χ0n) is 9.73. The largest absolute Gasteiger partial charge is 0.337 e. The van der Waals surface area contributed by atoms with E-state index in [1.165, 1.54) is 19.3 Å². The van der Waals surface area contributed by atoms with E-state index in [1.54, 1.807) is 0 Å². The fourth-order valence-electron chi connectivity index (χ4n) is 2.99. The van der Waals surface area contributed by atoms with Gasteiger partial charge in [-0.2, -0.15) is 4.91 Å². The summed E-state index contributed by atoms with van der Waals surface area (Å²) < 4.78 is 0. The van der Waals surface area contributed by atoms with Crippen LogP contribution in [0.2, 0.25) is 0 Å². The smallest absolute Gasteiger partial charge is 0.225 e. The molecular weight excluding hydrogens is 204 g/mol. The summed E-state index contributed by atoms with van der Waals surface area (Å²) in [6.45, 7) is 1.11. The van der Waals surface area contributed by atoms with Crippen molar-refractivity contribution < 1.29 is 4.79 Å². The quantitative estimate of drug-likeness (QED) is 0.691. The Morgan fingerprint density at radius 3 is 2.56 bits per heavy atom. The van der Waals surface area contributed by atoms with Gasteiger partial charge in [0.05, 0.1) is 6.04 Å². The van der Waals surface area contributed by atoms with Gasteiger partial charge >= 0.3 is 0 Å². The van der Waals surface area contributed by atoms with Crippen LogP contribution in [0.4, 0.5) is 0 Å². The predicted octanol–water partition coefficient (Wildman–Crippen LogP) is 2.32. The van der Waals surface area contributed by atoms with Crippen LogP contribution in [0.1, 0.15) is 44.9 Å². The van der Waals surface area contributed by atoms with E-state index in [0.29, 0.717) is 0 Å². The molecule has 0 aromatic carbocycles. The van der Waals surface area contributed by atoms with Crippen LogP contribution >= 0.6 is 0 Å². The Hall–Kier alpha value is -0.930. The lowest BCUT2D eigenvalue weighted by atomic mass is 9.88. The molecule has 2 aliphatic rings. The highest BCUT2D eigenvalue weighted by Crippen LogP contribution is 2.28. The van der Waals surface area contributed by atoms with Crippen molar-refractivity contribution in [3.63, 3.8) is 0 Å². The second-order valence-electron chi connectivity index (χ2n) is 4.97. The van der Waals surface area contributed by atoms with Crippen LogP contribution in [0, 0.1) is 10.8 Å². The van der Waals surface area contributed by atoms with Gasteiger partial charge in [0.1, 0.15) is 6.54 Å². The number of hydrogen-bond donors (Lipinski definition) is 0. The second-order valence-corrected chi connectivity index (χ2v) is 4.97. The summed E-state index contributed by atoms with van der Waals surface area (Å²) in [5, 5.41) is 2.95. The second kappa shape index (κ2) is 5.41. The standard InChI is InChI=1S/C12H20N2O2/c15-12(10-5-2-1-3-6-10)14-8-4-7-11(14)9-13-16/h10-11H,1-9H2/t11-/m0/s1. The monoisotopic (exact) mass is 224 g/mol. The highest BCUT2D eigenvalue weighted by atomic mass is 16.3. The van der Waals surface area contributed by atoms with Crippen LogP contribution in [-0.2, 0) is 4.79 Å². The van der Waals surface area contributed by atoms with E-state index in [-0.39, 0.29) is 24.4 Å². The topological polar surface area (TPSA) is 49.7 Å². The van der Waals surface area contributed by atoms with Crippen molar-refractivity contribution >= 4 is 5.91 Å². The maximum atomic E-state index is 12.3. The third-order valence-corrected chi connectivity index (χ3v) is 3.90. The van der Waals surface area contributed by atoms with Gasteiger partial charge in [-0.1, -0.05) is 24.4 Å². The average Bonchev–Trinajstić information content (AvgIpc) is 2.78. The molecule has 1 amide bonds. The van der Waals surface area contributed by atoms with Crippen molar-refractivity contribution in [2.45, 2.75) is 51.0 Å². The normalized spacial score (nSPS) is 27.0. The van der Waals surface area contributed by atoms with Crippen LogP contribution in [0.25, 0.3) is 0 Å². The Morgan fingerprint density at radius 2 is 1.88 bits per heavy atom. The van der Waals surface area contributed by atoms with E-state index in [2.05, 4.69) is 5.18 Å². The number of nitroso groups, excluding NO2 is 1. The lowest BCUT2D eigenvalue weighted by molar-refractivity contribution is -0.137. The van der Waals surface area contributed by atoms with E-state index < -0.39 is 0 Å². The van der Waals surface area contributed by atoms with Crippen molar-refractivity contribution in [3.8, 4) is 0 Å². The number of rotatable bonds is 3. The van der Waals surface area contributed by atoms with Crippen LogP contribution in [0.3, 0.4) is 0 Å². The molecule has 1 atom stereocenters. The third-order valence-electron chi connectivity index (χ3n) is 3.90. The number of carbonyl (C=O) groups excluding carboxylic acids is 1. The molecule has 90 valence electrons. The fraction of sp³-hybridized carbons (Fsp3) is 0.917. The summed E-state index contributed by atoms with van der Waals surface area (Å²) in [5.41, 5.74) is 0. The molecule has 1 aliphatic heterocycles. The summed E-state index contributed by atoms with van der Waals surface area (Å²) in [6, 6.07) is 0.0897. The van der Waals surface area contributed by atoms with E-state index >= 15 is 0 Å². The first kappa shape index (κ1) is 11.6. The van der Waals surface area contributed by atoms with E-state index in [1.807, 2.05) is 4.90 Å². The molecule has 1 saturated heterocycles. The summed E-state index contributed by atoms with van der Waals surface area (Å²) in [5.74, 6) is 0.506. The van der Waals surface area contributed by atoms with Crippen molar-refractivity contribution in [2.24, 2.45) is 11.1 Å². The fourth-order valence-corrected chi connectivity index (χ4v) is 2.99. The Bertz CT molecular complexity index is 262. The number of nitrogens with zero attached hydrogens (tertiary/aromatic N) is 2. The van der Waals surface area contributed by atoms with E-state index in [0.717, 1.165) is 32.2 Å². The molecule has 16 heavy (non-hydrogen) atoms. The molecular formula is C12H20N2O2. The lowest BCUT2D eigenvalue weighted by Crippen LogP contribution is -2.41. The molecule has 1 saturated carbocycles. The summed E-state index contributed by atoms with van der Waals surface area (Å²) in [7, 11) is 0. The van der Waals surface area contributed by atoms with Gasteiger partial charge in [-0.25, -0.2) is 0 Å². The molecule has 1 heterocycles. The molecule has 0 radical (unpaired) electrons. The molecule has 2 rings (SSSR count). The van der Waals surface area contributed by atoms with Crippen molar-refractivity contribution in [3.05, 3.63) is 4.91 Å². The van der Waals surface area contributed by atoms with Gasteiger partial charge in [0.25, 0.3) is 0 Å². The Morgan fingerprint density at radius 1 is 1.12 bits per heavy atom. The highest BCUT2D eigenvalue weighted by Gasteiger charge is 2.33. The van der Waals surface area contributed by atoms with Gasteiger partial charge in [-0.3, -0.25) is 4.79 Å². The number of likely N-dealkylation sites (tertiary alicyclic amines) is 1. The number of carbonyl (C=O) groups is 1. The van der Waals surface area contributed by atoms with Crippen LogP contribution < -0.4 is 0 Å². The summed E-state index contributed by atoms with van der Waals surface area (Å²) in [6.07, 6.45) is 7.68. The zero-order chi connectivity index (χ0) is 11.4. The lowest BCUT2D eigenvalue weighted by Gasteiger charge is -2.29. The zero-order valence-corrected chi connectivity index (χ0v) is 9.73. The van der Waals surface area contributed by atoms with Crippen molar-refractivity contribution in [2.75, 3.05) is 13.1 Å². The molecule has 0 spiro atoms. The molecule has 0 unspecified atom stereocenters. The van der Waals surface area contributed by atoms with Gasteiger partial charge in [0.2, 0.25) is 5.91 Å². The number of hydrogen-bond acceptors (Lipinski definition) is 3. The maximum absolute atomic E-state index is 12.3. The molecule has 2 fully saturated rings. The number of amides is 1. The molecule has 4 heteroatoms. The van der Waals surface area contributed by atoms with Crippen molar-refractivity contribution in [1.82, 2.24) is 4.90 Å². The predicted molar refractivity (Wildman–Crippen MR) is 62.0 cm³/mol. The minimum atomic E-state index is 0.0897. The van der Waals surface area contributed by atoms with Gasteiger partial charge in [0.15, 0.2) is 0 Å². The van der Waals surface area contributed by atoms with Crippen molar-refractivity contribution in [1.29, 1.82) is 0 Å². The molecule has 0 aromatic rings. The summed E-state index contributed by atoms with van der Waals surface area (Å²) >= 11 is 0. The van der Waals surface area contributed by atoms with Crippen LogP contribution in [-0.4, -0.2) is 29.9 Å². The minimum absolute atomic E-state index is 0.0897. The SMILES string of the molecule is O=NC[C@@H]1CCCN1C(=O)C1CCCCC1. The Balaban J connectivity index is 1.94. The van der Waals surface area contributed by atoms with Crippen LogP contribution in [0.5, 0.6) is 0 Å². The van der Waals surface area contributed by atoms with E-state index in [4.69, 9.17) is 0 Å². The Labute approximate surface area is 96.4 Å². The highest BCUT2D eigenvalue weighted by molar-refractivity contribution is 5.79. The summed E-state index contributed by atoms with van der Waals surface area (Å²) in [4.78, 5) is 24.5. The van der Waals surface area contributed by atoms with Crippen LogP contribution in [0.15, 0.2) is 5.18 Å². The molecule has 0 bridgehead atoms. The first-order valence-corrected chi connectivity index (χ1v) is 6.42. The van der Waals surface area contributed by atoms with Gasteiger partial charge < -0.3 is 4.90 Å². The van der Waals surface area contributed by atoms with Gasteiger partial charge in [0, 0.05) is 12.5 Å². The van der Waals surface area contributed by atoms with E-state index in [9.17, 15) is 9.70 Å². The molecule has 4 nitrogen and oxygen atoms in total. The third kappa shape index (κ3) is 2.42. The molecule has 0 N–H and O–H groups in total. The molecule has 0 aromatic heterocycles. The first-order valence-electron chi connectivity index (χ1n) is 6.42.